The van der Waals surface area contributed by atoms with Gasteiger partial charge in [-0.25, -0.2) is 5.43 Å². The number of benzene rings is 2. The highest BCUT2D eigenvalue weighted by molar-refractivity contribution is 5.91. The summed E-state index contributed by atoms with van der Waals surface area (Å²) in [6.45, 7) is 2.02. The molecule has 4 aromatic rings. The average Bonchev–Trinajstić information content (AvgIpc) is 3.03. The monoisotopic (exact) mass is 370 g/mol. The Hall–Kier alpha value is -3.47. The lowest BCUT2D eigenvalue weighted by Crippen LogP contribution is -2.17. The largest absolute Gasteiger partial charge is 0.350 e. The van der Waals surface area contributed by atoms with Crippen LogP contribution in [0.2, 0.25) is 0 Å². The molecule has 0 aliphatic rings. The summed E-state index contributed by atoms with van der Waals surface area (Å²) in [6, 6.07) is 16.2. The van der Waals surface area contributed by atoms with Gasteiger partial charge in [-0.3, -0.25) is 9.78 Å². The van der Waals surface area contributed by atoms with Gasteiger partial charge in [0.2, 0.25) is 5.91 Å². The summed E-state index contributed by atoms with van der Waals surface area (Å²) in [7, 11) is 2.03. The fraction of sp³-hybridized carbons (Fsp3) is 0.174. The maximum Gasteiger partial charge on any atom is 0.240 e. The molecule has 1 amide bonds. The molecule has 5 heteroatoms. The van der Waals surface area contributed by atoms with Gasteiger partial charge in [0.15, 0.2) is 0 Å². The molecule has 2 heterocycles. The van der Waals surface area contributed by atoms with Crippen LogP contribution in [0.15, 0.2) is 66.0 Å². The first-order valence-corrected chi connectivity index (χ1v) is 9.32. The fourth-order valence-electron chi connectivity index (χ4n) is 3.59. The van der Waals surface area contributed by atoms with Crippen LogP contribution >= 0.6 is 0 Å². The van der Waals surface area contributed by atoms with Crippen LogP contribution in [0.1, 0.15) is 23.1 Å². The van der Waals surface area contributed by atoms with E-state index in [1.807, 2.05) is 50.4 Å². The van der Waals surface area contributed by atoms with Crippen molar-refractivity contribution in [2.24, 2.45) is 12.1 Å². The molecule has 140 valence electrons. The van der Waals surface area contributed by atoms with Crippen molar-refractivity contribution < 1.29 is 4.79 Å². The van der Waals surface area contributed by atoms with E-state index in [2.05, 4.69) is 38.4 Å². The third-order valence-corrected chi connectivity index (χ3v) is 4.92. The van der Waals surface area contributed by atoms with Crippen molar-refractivity contribution >= 4 is 33.9 Å². The highest BCUT2D eigenvalue weighted by atomic mass is 16.2. The van der Waals surface area contributed by atoms with Crippen molar-refractivity contribution in [1.29, 1.82) is 0 Å². The van der Waals surface area contributed by atoms with E-state index in [0.29, 0.717) is 12.8 Å². The summed E-state index contributed by atoms with van der Waals surface area (Å²) >= 11 is 0. The topological polar surface area (TPSA) is 59.3 Å². The zero-order chi connectivity index (χ0) is 19.5. The summed E-state index contributed by atoms with van der Waals surface area (Å²) in [6.07, 6.45) is 6.64. The van der Waals surface area contributed by atoms with E-state index in [0.717, 1.165) is 22.0 Å². The standard InChI is InChI=1S/C23H22N4O/c1-16-12-17(13-18-6-5-11-24-23(16)18)14-25-26-22(28)10-9-19-15-27(2)21-8-4-3-7-20(19)21/h3-8,11-15H,9-10H2,1-2H3,(H,26,28)/b25-14+. The minimum absolute atomic E-state index is 0.0941. The Morgan fingerprint density at radius 1 is 1.21 bits per heavy atom. The van der Waals surface area contributed by atoms with Gasteiger partial charge in [0.1, 0.15) is 0 Å². The Balaban J connectivity index is 1.39. The highest BCUT2D eigenvalue weighted by Crippen LogP contribution is 2.21. The second-order valence-corrected chi connectivity index (χ2v) is 6.99. The third kappa shape index (κ3) is 3.64. The minimum atomic E-state index is -0.0941. The number of rotatable bonds is 5. The van der Waals surface area contributed by atoms with E-state index < -0.39 is 0 Å². The molecule has 0 radical (unpaired) electrons. The van der Waals surface area contributed by atoms with Crippen molar-refractivity contribution in [3.63, 3.8) is 0 Å². The maximum absolute atomic E-state index is 12.2. The van der Waals surface area contributed by atoms with E-state index in [1.54, 1.807) is 12.4 Å². The van der Waals surface area contributed by atoms with Crippen LogP contribution in [0.3, 0.4) is 0 Å². The van der Waals surface area contributed by atoms with Gasteiger partial charge in [-0.05, 0) is 54.3 Å². The second-order valence-electron chi connectivity index (χ2n) is 6.99. The molecule has 0 aliphatic carbocycles. The average molecular weight is 370 g/mol. The molecule has 4 rings (SSSR count). The van der Waals surface area contributed by atoms with Crippen LogP contribution in [-0.2, 0) is 18.3 Å². The first-order chi connectivity index (χ1) is 13.6. The van der Waals surface area contributed by atoms with Crippen molar-refractivity contribution in [2.45, 2.75) is 19.8 Å². The number of hydrogen-bond donors (Lipinski definition) is 1. The number of carbonyl (C=O) groups is 1. The molecule has 2 aromatic carbocycles. The lowest BCUT2D eigenvalue weighted by molar-refractivity contribution is -0.121. The van der Waals surface area contributed by atoms with E-state index in [1.165, 1.54) is 16.5 Å². The normalized spacial score (nSPS) is 11.5. The molecule has 0 saturated carbocycles. The van der Waals surface area contributed by atoms with Gasteiger partial charge >= 0.3 is 0 Å². The number of pyridine rings is 1. The smallest absolute Gasteiger partial charge is 0.240 e. The van der Waals surface area contributed by atoms with Gasteiger partial charge < -0.3 is 4.57 Å². The number of carbonyl (C=O) groups excluding carboxylic acids is 1. The van der Waals surface area contributed by atoms with Crippen LogP contribution in [-0.4, -0.2) is 21.7 Å². The van der Waals surface area contributed by atoms with Gasteiger partial charge in [-0.1, -0.05) is 24.3 Å². The number of nitrogens with one attached hydrogen (secondary N) is 1. The number of nitrogens with zero attached hydrogens (tertiary/aromatic N) is 3. The van der Waals surface area contributed by atoms with Crippen molar-refractivity contribution in [3.05, 3.63) is 77.6 Å². The Labute approximate surface area is 163 Å². The van der Waals surface area contributed by atoms with Gasteiger partial charge in [0.25, 0.3) is 0 Å². The summed E-state index contributed by atoms with van der Waals surface area (Å²) in [5.41, 5.74) is 7.99. The molecule has 0 atom stereocenters. The van der Waals surface area contributed by atoms with Gasteiger partial charge in [-0.2, -0.15) is 5.10 Å². The summed E-state index contributed by atoms with van der Waals surface area (Å²) in [5, 5.41) is 6.38. The van der Waals surface area contributed by atoms with Crippen LogP contribution in [0, 0.1) is 6.92 Å². The fourth-order valence-corrected chi connectivity index (χ4v) is 3.59. The Kier molecular flexibility index (Phi) is 4.89. The SMILES string of the molecule is Cc1cc(/C=N/NC(=O)CCc2cn(C)c3ccccc23)cc2cccnc12. The molecule has 0 unspecified atom stereocenters. The molecule has 1 N–H and O–H groups in total. The third-order valence-electron chi connectivity index (χ3n) is 4.92. The van der Waals surface area contributed by atoms with Crippen molar-refractivity contribution in [2.75, 3.05) is 0 Å². The van der Waals surface area contributed by atoms with Crippen molar-refractivity contribution in [3.8, 4) is 0 Å². The first-order valence-electron chi connectivity index (χ1n) is 9.32. The molecule has 0 spiro atoms. The zero-order valence-electron chi connectivity index (χ0n) is 16.0. The Morgan fingerprint density at radius 2 is 2.07 bits per heavy atom. The Morgan fingerprint density at radius 3 is 2.96 bits per heavy atom. The summed E-state index contributed by atoms with van der Waals surface area (Å²) in [5.74, 6) is -0.0941. The summed E-state index contributed by atoms with van der Waals surface area (Å²) in [4.78, 5) is 16.6. The molecule has 0 fully saturated rings. The lowest BCUT2D eigenvalue weighted by atomic mass is 10.1. The van der Waals surface area contributed by atoms with Crippen molar-refractivity contribution in [1.82, 2.24) is 15.0 Å². The molecular weight excluding hydrogens is 348 g/mol. The van der Waals surface area contributed by atoms with E-state index in [9.17, 15) is 4.79 Å². The number of hydrogen-bond acceptors (Lipinski definition) is 3. The lowest BCUT2D eigenvalue weighted by Gasteiger charge is -2.03. The first kappa shape index (κ1) is 17.9. The second kappa shape index (κ2) is 7.64. The minimum Gasteiger partial charge on any atom is -0.350 e. The number of amides is 1. The van der Waals surface area contributed by atoms with Gasteiger partial charge in [0.05, 0.1) is 11.7 Å². The predicted molar refractivity (Wildman–Crippen MR) is 113 cm³/mol. The van der Waals surface area contributed by atoms with Gasteiger partial charge in [-0.15, -0.1) is 0 Å². The molecule has 0 aliphatic heterocycles. The van der Waals surface area contributed by atoms with Crippen LogP contribution in [0.25, 0.3) is 21.8 Å². The number of fused-ring (bicyclic) bond motifs is 2. The molecule has 0 bridgehead atoms. The molecule has 28 heavy (non-hydrogen) atoms. The van der Waals surface area contributed by atoms with E-state index >= 15 is 0 Å². The highest BCUT2D eigenvalue weighted by Gasteiger charge is 2.08. The maximum atomic E-state index is 12.2. The van der Waals surface area contributed by atoms with E-state index in [4.69, 9.17) is 0 Å². The molecular formula is C23H22N4O. The Bertz CT molecular complexity index is 1190. The number of para-hydroxylation sites is 1. The van der Waals surface area contributed by atoms with Crippen LogP contribution in [0.4, 0.5) is 0 Å². The number of aromatic nitrogens is 2. The molecule has 2 aromatic heterocycles. The number of hydrazone groups is 1. The van der Waals surface area contributed by atoms with Crippen LogP contribution in [0.5, 0.6) is 0 Å². The quantitative estimate of drug-likeness (QED) is 0.424. The number of aryl methyl sites for hydroxylation is 3. The molecule has 0 saturated heterocycles. The molecule has 5 nitrogen and oxygen atoms in total. The van der Waals surface area contributed by atoms with E-state index in [-0.39, 0.29) is 5.91 Å². The summed E-state index contributed by atoms with van der Waals surface area (Å²) < 4.78 is 2.09. The van der Waals surface area contributed by atoms with Gasteiger partial charge in [0, 0.05) is 42.2 Å². The van der Waals surface area contributed by atoms with Crippen LogP contribution < -0.4 is 5.43 Å². The zero-order valence-corrected chi connectivity index (χ0v) is 16.0. The predicted octanol–water partition coefficient (Wildman–Crippen LogP) is 4.12.